The van der Waals surface area contributed by atoms with Gasteiger partial charge in [-0.3, -0.25) is 9.10 Å². The predicted octanol–water partition coefficient (Wildman–Crippen LogP) is 4.25. The number of carbonyl (C=O) groups is 1. The molecule has 0 aliphatic heterocycles. The van der Waals surface area contributed by atoms with Crippen molar-refractivity contribution >= 4 is 33.2 Å². The smallest absolute Gasteiger partial charge is 0.264 e. The summed E-state index contributed by atoms with van der Waals surface area (Å²) in [4.78, 5) is 12.3. The fraction of sp³-hybridized carbons (Fsp3) is 0.250. The van der Waals surface area contributed by atoms with Gasteiger partial charge in [0.15, 0.2) is 0 Å². The summed E-state index contributed by atoms with van der Waals surface area (Å²) >= 11 is 6.20. The summed E-state index contributed by atoms with van der Waals surface area (Å²) in [6.07, 6.45) is 3.31. The number of hydrogen-bond donors (Lipinski definition) is 1. The number of carbonyl (C=O) groups excluding carboxylic acids is 1. The van der Waals surface area contributed by atoms with Gasteiger partial charge in [-0.2, -0.15) is 0 Å². The second-order valence-electron chi connectivity index (χ2n) is 5.91. The van der Waals surface area contributed by atoms with Crippen LogP contribution in [0.4, 0.5) is 5.69 Å². The molecule has 0 saturated heterocycles. The summed E-state index contributed by atoms with van der Waals surface area (Å²) in [6, 6.07) is 12.7. The fourth-order valence-electron chi connectivity index (χ4n) is 2.50. The van der Waals surface area contributed by atoms with E-state index in [0.29, 0.717) is 22.8 Å². The molecule has 1 amide bonds. The summed E-state index contributed by atoms with van der Waals surface area (Å²) in [6.45, 7) is 6.27. The van der Waals surface area contributed by atoms with Crippen molar-refractivity contribution in [1.29, 1.82) is 0 Å². The molecule has 0 fully saturated rings. The lowest BCUT2D eigenvalue weighted by atomic mass is 10.2. The maximum Gasteiger partial charge on any atom is 0.264 e. The van der Waals surface area contributed by atoms with Crippen molar-refractivity contribution in [3.8, 4) is 0 Å². The minimum absolute atomic E-state index is 0.0208. The van der Waals surface area contributed by atoms with Crippen molar-refractivity contribution in [1.82, 2.24) is 5.32 Å². The molecule has 2 aromatic carbocycles. The Morgan fingerprint density at radius 1 is 1.22 bits per heavy atom. The summed E-state index contributed by atoms with van der Waals surface area (Å²) in [5.41, 5.74) is 0.654. The number of unbranched alkanes of at least 4 members (excludes halogenated alkanes) is 1. The van der Waals surface area contributed by atoms with E-state index < -0.39 is 10.0 Å². The van der Waals surface area contributed by atoms with Crippen molar-refractivity contribution < 1.29 is 13.2 Å². The summed E-state index contributed by atoms with van der Waals surface area (Å²) in [7, 11) is -3.92. The zero-order valence-electron chi connectivity index (χ0n) is 15.2. The van der Waals surface area contributed by atoms with E-state index in [9.17, 15) is 13.2 Å². The molecule has 0 heterocycles. The van der Waals surface area contributed by atoms with Gasteiger partial charge in [-0.05, 0) is 36.8 Å². The summed E-state index contributed by atoms with van der Waals surface area (Å²) in [5.74, 6) is -0.298. The van der Waals surface area contributed by atoms with Gasteiger partial charge in [-0.15, -0.1) is 6.58 Å². The first-order valence-corrected chi connectivity index (χ1v) is 10.5. The number of hydrogen-bond acceptors (Lipinski definition) is 3. The van der Waals surface area contributed by atoms with Crippen LogP contribution in [0.15, 0.2) is 66.1 Å². The Morgan fingerprint density at radius 3 is 2.63 bits per heavy atom. The third-order valence-electron chi connectivity index (χ3n) is 3.92. The van der Waals surface area contributed by atoms with Crippen LogP contribution in [0.1, 0.15) is 30.1 Å². The lowest BCUT2D eigenvalue weighted by Crippen LogP contribution is -2.32. The quantitative estimate of drug-likeness (QED) is 0.500. The highest BCUT2D eigenvalue weighted by molar-refractivity contribution is 7.92. The first-order valence-electron chi connectivity index (χ1n) is 8.68. The third kappa shape index (κ3) is 5.11. The Kier molecular flexibility index (Phi) is 7.45. The van der Waals surface area contributed by atoms with E-state index in [2.05, 4.69) is 11.9 Å². The number of amides is 1. The Balaban J connectivity index is 2.39. The van der Waals surface area contributed by atoms with Crippen molar-refractivity contribution in [3.05, 3.63) is 71.8 Å². The van der Waals surface area contributed by atoms with Gasteiger partial charge in [0.05, 0.1) is 22.2 Å². The Bertz CT molecular complexity index is 913. The molecule has 2 aromatic rings. The van der Waals surface area contributed by atoms with E-state index in [0.717, 1.165) is 12.8 Å². The van der Waals surface area contributed by atoms with E-state index in [1.165, 1.54) is 22.5 Å². The zero-order valence-corrected chi connectivity index (χ0v) is 16.8. The lowest BCUT2D eigenvalue weighted by Gasteiger charge is -2.24. The lowest BCUT2D eigenvalue weighted by molar-refractivity contribution is 0.0953. The monoisotopic (exact) mass is 406 g/mol. The molecule has 2 rings (SSSR count). The second-order valence-corrected chi connectivity index (χ2v) is 8.18. The van der Waals surface area contributed by atoms with E-state index >= 15 is 0 Å². The molecule has 144 valence electrons. The molecule has 0 aromatic heterocycles. The molecular weight excluding hydrogens is 384 g/mol. The standard InChI is InChI=1S/C20H23ClN2O3S/c1-3-5-13-22-20(24)16-9-8-10-17(15-16)27(25,26)23(14-4-2)19-12-7-6-11-18(19)21/h4,6-12,15H,2-3,5,13-14H2,1H3,(H,22,24). The van der Waals surface area contributed by atoms with Gasteiger partial charge in [-0.25, -0.2) is 8.42 Å². The number of benzene rings is 2. The van der Waals surface area contributed by atoms with Crippen LogP contribution in [-0.4, -0.2) is 27.4 Å². The molecule has 1 N–H and O–H groups in total. The molecule has 0 aliphatic carbocycles. The first kappa shape index (κ1) is 21.0. The molecule has 0 bridgehead atoms. The topological polar surface area (TPSA) is 66.5 Å². The molecule has 0 aliphatic rings. The molecule has 0 spiro atoms. The average molecular weight is 407 g/mol. The van der Waals surface area contributed by atoms with Gasteiger partial charge in [-0.1, -0.05) is 49.2 Å². The molecule has 0 saturated carbocycles. The van der Waals surface area contributed by atoms with Crippen molar-refractivity contribution in [2.24, 2.45) is 0 Å². The van der Waals surface area contributed by atoms with Crippen LogP contribution in [-0.2, 0) is 10.0 Å². The molecule has 27 heavy (non-hydrogen) atoms. The van der Waals surface area contributed by atoms with Gasteiger partial charge >= 0.3 is 0 Å². The van der Waals surface area contributed by atoms with Crippen LogP contribution in [0, 0.1) is 0 Å². The number of para-hydroxylation sites is 1. The maximum absolute atomic E-state index is 13.2. The Morgan fingerprint density at radius 2 is 1.96 bits per heavy atom. The number of nitrogens with one attached hydrogen (secondary N) is 1. The van der Waals surface area contributed by atoms with Crippen LogP contribution in [0.2, 0.25) is 5.02 Å². The summed E-state index contributed by atoms with van der Waals surface area (Å²) in [5, 5.41) is 3.11. The van der Waals surface area contributed by atoms with Crippen LogP contribution in [0.5, 0.6) is 0 Å². The number of halogens is 1. The van der Waals surface area contributed by atoms with Crippen molar-refractivity contribution in [2.75, 3.05) is 17.4 Å². The number of nitrogens with zero attached hydrogens (tertiary/aromatic N) is 1. The highest BCUT2D eigenvalue weighted by Crippen LogP contribution is 2.30. The SMILES string of the molecule is C=CCN(c1ccccc1Cl)S(=O)(=O)c1cccc(C(=O)NCCCC)c1. The number of rotatable bonds is 9. The number of sulfonamides is 1. The van der Waals surface area contributed by atoms with Gasteiger partial charge in [0.2, 0.25) is 0 Å². The van der Waals surface area contributed by atoms with Gasteiger partial charge in [0.1, 0.15) is 0 Å². The average Bonchev–Trinajstić information content (AvgIpc) is 2.67. The highest BCUT2D eigenvalue weighted by Gasteiger charge is 2.26. The van der Waals surface area contributed by atoms with E-state index in [4.69, 9.17) is 11.6 Å². The zero-order chi connectivity index (χ0) is 19.9. The molecule has 0 radical (unpaired) electrons. The van der Waals surface area contributed by atoms with Gasteiger partial charge in [0.25, 0.3) is 15.9 Å². The largest absolute Gasteiger partial charge is 0.352 e. The highest BCUT2D eigenvalue weighted by atomic mass is 35.5. The Labute approximate surface area is 165 Å². The van der Waals surface area contributed by atoms with E-state index in [-0.39, 0.29) is 17.3 Å². The van der Waals surface area contributed by atoms with E-state index in [1.54, 1.807) is 36.4 Å². The fourth-order valence-corrected chi connectivity index (χ4v) is 4.29. The van der Waals surface area contributed by atoms with Crippen LogP contribution >= 0.6 is 11.6 Å². The van der Waals surface area contributed by atoms with Gasteiger partial charge < -0.3 is 5.32 Å². The predicted molar refractivity (Wildman–Crippen MR) is 110 cm³/mol. The third-order valence-corrected chi connectivity index (χ3v) is 6.01. The Hall–Kier alpha value is -2.31. The van der Waals surface area contributed by atoms with Gasteiger partial charge in [0, 0.05) is 12.1 Å². The molecular formula is C20H23ClN2O3S. The molecule has 5 nitrogen and oxygen atoms in total. The molecule has 0 atom stereocenters. The molecule has 0 unspecified atom stereocenters. The van der Waals surface area contributed by atoms with E-state index in [1.807, 2.05) is 6.92 Å². The maximum atomic E-state index is 13.2. The molecule has 7 heteroatoms. The van der Waals surface area contributed by atoms with Crippen molar-refractivity contribution in [3.63, 3.8) is 0 Å². The first-order chi connectivity index (χ1) is 12.9. The van der Waals surface area contributed by atoms with Crippen LogP contribution < -0.4 is 9.62 Å². The number of anilines is 1. The minimum atomic E-state index is -3.92. The van der Waals surface area contributed by atoms with Crippen LogP contribution in [0.3, 0.4) is 0 Å². The van der Waals surface area contributed by atoms with Crippen molar-refractivity contribution in [2.45, 2.75) is 24.7 Å². The van der Waals surface area contributed by atoms with Crippen LogP contribution in [0.25, 0.3) is 0 Å². The minimum Gasteiger partial charge on any atom is -0.352 e. The normalized spacial score (nSPS) is 11.0. The second kappa shape index (κ2) is 9.58. The summed E-state index contributed by atoms with van der Waals surface area (Å²) < 4.78 is 27.6.